The quantitative estimate of drug-likeness (QED) is 0.816. The fourth-order valence-electron chi connectivity index (χ4n) is 2.10. The Bertz CT molecular complexity index is 388. The number of nitrogens with two attached hydrogens (primary N) is 1. The van der Waals surface area contributed by atoms with Crippen molar-refractivity contribution in [2.24, 2.45) is 11.7 Å². The number of anilines is 1. The lowest BCUT2D eigenvalue weighted by Gasteiger charge is -2.30. The summed E-state index contributed by atoms with van der Waals surface area (Å²) in [5, 5.41) is 0. The van der Waals surface area contributed by atoms with Crippen LogP contribution in [0, 0.1) is 12.8 Å². The molecule has 108 valence electrons. The molecule has 0 aliphatic rings. The SMILES string of the molecule is Cc1cc(N(CCN(C)C)CC(C)C)c(CN)cn1. The molecule has 0 aliphatic heterocycles. The second kappa shape index (κ2) is 7.46. The van der Waals surface area contributed by atoms with E-state index < -0.39 is 0 Å². The van der Waals surface area contributed by atoms with E-state index in [4.69, 9.17) is 5.73 Å². The van der Waals surface area contributed by atoms with E-state index in [1.807, 2.05) is 13.1 Å². The monoisotopic (exact) mass is 264 g/mol. The van der Waals surface area contributed by atoms with Crippen LogP contribution in [0.25, 0.3) is 0 Å². The maximum atomic E-state index is 5.85. The highest BCUT2D eigenvalue weighted by Gasteiger charge is 2.13. The smallest absolute Gasteiger partial charge is 0.0446 e. The number of nitrogens with zero attached hydrogens (tertiary/aromatic N) is 3. The zero-order valence-corrected chi connectivity index (χ0v) is 13.0. The third-order valence-electron chi connectivity index (χ3n) is 3.06. The predicted octanol–water partition coefficient (Wildman–Crippen LogP) is 1.87. The normalized spacial score (nSPS) is 11.4. The summed E-state index contributed by atoms with van der Waals surface area (Å²) < 4.78 is 0. The molecule has 0 atom stereocenters. The van der Waals surface area contributed by atoms with Gasteiger partial charge >= 0.3 is 0 Å². The van der Waals surface area contributed by atoms with Crippen molar-refractivity contribution in [3.8, 4) is 0 Å². The van der Waals surface area contributed by atoms with Crippen molar-refractivity contribution in [3.05, 3.63) is 23.5 Å². The molecule has 19 heavy (non-hydrogen) atoms. The molecule has 1 heterocycles. The van der Waals surface area contributed by atoms with Gasteiger partial charge in [0.25, 0.3) is 0 Å². The van der Waals surface area contributed by atoms with Crippen LogP contribution in [-0.2, 0) is 6.54 Å². The van der Waals surface area contributed by atoms with Crippen molar-refractivity contribution in [2.75, 3.05) is 38.6 Å². The minimum atomic E-state index is 0.541. The van der Waals surface area contributed by atoms with Crippen molar-refractivity contribution in [1.29, 1.82) is 0 Å². The molecule has 0 radical (unpaired) electrons. The van der Waals surface area contributed by atoms with E-state index in [1.165, 1.54) is 5.69 Å². The zero-order valence-electron chi connectivity index (χ0n) is 13.0. The number of aryl methyl sites for hydroxylation is 1. The third-order valence-corrected chi connectivity index (χ3v) is 3.06. The fourth-order valence-corrected chi connectivity index (χ4v) is 2.10. The summed E-state index contributed by atoms with van der Waals surface area (Å²) in [6.45, 7) is 10.2. The van der Waals surface area contributed by atoms with Crippen molar-refractivity contribution >= 4 is 5.69 Å². The lowest BCUT2D eigenvalue weighted by molar-refractivity contribution is 0.409. The molecule has 1 rings (SSSR count). The molecule has 0 spiro atoms. The molecule has 1 aromatic rings. The number of likely N-dealkylation sites (N-methyl/N-ethyl adjacent to an activating group) is 1. The zero-order chi connectivity index (χ0) is 14.4. The summed E-state index contributed by atoms with van der Waals surface area (Å²) in [5.74, 6) is 0.626. The van der Waals surface area contributed by atoms with Gasteiger partial charge in [-0.15, -0.1) is 0 Å². The maximum absolute atomic E-state index is 5.85. The molecule has 4 nitrogen and oxygen atoms in total. The van der Waals surface area contributed by atoms with Gasteiger partial charge in [-0.3, -0.25) is 4.98 Å². The Labute approximate surface area is 117 Å². The maximum Gasteiger partial charge on any atom is 0.0446 e. The molecule has 0 unspecified atom stereocenters. The first-order valence-electron chi connectivity index (χ1n) is 6.99. The summed E-state index contributed by atoms with van der Waals surface area (Å²) in [4.78, 5) is 8.99. The number of pyridine rings is 1. The van der Waals surface area contributed by atoms with Gasteiger partial charge < -0.3 is 15.5 Å². The lowest BCUT2D eigenvalue weighted by atomic mass is 10.1. The highest BCUT2D eigenvalue weighted by atomic mass is 15.2. The van der Waals surface area contributed by atoms with Crippen LogP contribution in [0.15, 0.2) is 12.3 Å². The van der Waals surface area contributed by atoms with E-state index >= 15 is 0 Å². The van der Waals surface area contributed by atoms with Crippen LogP contribution < -0.4 is 10.6 Å². The Morgan fingerprint density at radius 3 is 2.47 bits per heavy atom. The topological polar surface area (TPSA) is 45.4 Å². The average Bonchev–Trinajstić information content (AvgIpc) is 2.33. The first kappa shape index (κ1) is 15.9. The minimum absolute atomic E-state index is 0.541. The van der Waals surface area contributed by atoms with Gasteiger partial charge in [-0.1, -0.05) is 13.8 Å². The van der Waals surface area contributed by atoms with E-state index in [-0.39, 0.29) is 0 Å². The molecule has 4 heteroatoms. The first-order valence-corrected chi connectivity index (χ1v) is 6.99. The van der Waals surface area contributed by atoms with Gasteiger partial charge in [0.15, 0.2) is 0 Å². The van der Waals surface area contributed by atoms with Crippen LogP contribution in [0.1, 0.15) is 25.1 Å². The molecular weight excluding hydrogens is 236 g/mol. The van der Waals surface area contributed by atoms with Gasteiger partial charge in [0.05, 0.1) is 0 Å². The molecule has 2 N–H and O–H groups in total. The molecule has 0 amide bonds. The molecule has 0 saturated carbocycles. The molecule has 0 fully saturated rings. The summed E-state index contributed by atoms with van der Waals surface area (Å²) in [5.41, 5.74) is 9.27. The van der Waals surface area contributed by atoms with E-state index in [0.29, 0.717) is 12.5 Å². The van der Waals surface area contributed by atoms with Gasteiger partial charge in [-0.2, -0.15) is 0 Å². The summed E-state index contributed by atoms with van der Waals surface area (Å²) in [6.07, 6.45) is 1.91. The molecule has 1 aromatic heterocycles. The van der Waals surface area contributed by atoms with Crippen LogP contribution in [0.2, 0.25) is 0 Å². The summed E-state index contributed by atoms with van der Waals surface area (Å²) in [6, 6.07) is 2.15. The lowest BCUT2D eigenvalue weighted by Crippen LogP contribution is -2.35. The second-order valence-electron chi connectivity index (χ2n) is 5.80. The fraction of sp³-hybridized carbons (Fsp3) is 0.667. The number of aromatic nitrogens is 1. The van der Waals surface area contributed by atoms with Crippen LogP contribution in [-0.4, -0.2) is 43.6 Å². The molecular formula is C15H28N4. The van der Waals surface area contributed by atoms with Crippen LogP contribution >= 0.6 is 0 Å². The molecule has 0 saturated heterocycles. The minimum Gasteiger partial charge on any atom is -0.370 e. The van der Waals surface area contributed by atoms with E-state index in [1.54, 1.807) is 0 Å². The van der Waals surface area contributed by atoms with Gasteiger partial charge in [-0.05, 0) is 33.0 Å². The van der Waals surface area contributed by atoms with E-state index in [0.717, 1.165) is 30.9 Å². The van der Waals surface area contributed by atoms with Gasteiger partial charge in [0.2, 0.25) is 0 Å². The standard InChI is InChI=1S/C15H28N4/c1-12(2)11-19(7-6-18(4)5)15-8-13(3)17-10-14(15)9-16/h8,10,12H,6-7,9,11,16H2,1-5H3. The summed E-state index contributed by atoms with van der Waals surface area (Å²) >= 11 is 0. The molecule has 0 bridgehead atoms. The predicted molar refractivity (Wildman–Crippen MR) is 82.5 cm³/mol. The first-order chi connectivity index (χ1) is 8.93. The largest absolute Gasteiger partial charge is 0.370 e. The Morgan fingerprint density at radius 2 is 1.95 bits per heavy atom. The van der Waals surface area contributed by atoms with Crippen LogP contribution in [0.5, 0.6) is 0 Å². The average molecular weight is 264 g/mol. The summed E-state index contributed by atoms with van der Waals surface area (Å²) in [7, 11) is 4.21. The number of hydrogen-bond acceptors (Lipinski definition) is 4. The van der Waals surface area contributed by atoms with Crippen LogP contribution in [0.4, 0.5) is 5.69 Å². The van der Waals surface area contributed by atoms with E-state index in [9.17, 15) is 0 Å². The highest BCUT2D eigenvalue weighted by Crippen LogP contribution is 2.21. The van der Waals surface area contributed by atoms with Crippen LogP contribution in [0.3, 0.4) is 0 Å². The Hall–Kier alpha value is -1.13. The van der Waals surface area contributed by atoms with E-state index in [2.05, 4.69) is 48.8 Å². The van der Waals surface area contributed by atoms with Crippen molar-refractivity contribution in [1.82, 2.24) is 9.88 Å². The molecule has 0 aliphatic carbocycles. The van der Waals surface area contributed by atoms with Gasteiger partial charge in [-0.25, -0.2) is 0 Å². The van der Waals surface area contributed by atoms with Crippen molar-refractivity contribution in [2.45, 2.75) is 27.3 Å². The third kappa shape index (κ3) is 5.17. The highest BCUT2D eigenvalue weighted by molar-refractivity contribution is 5.53. The molecule has 0 aromatic carbocycles. The second-order valence-corrected chi connectivity index (χ2v) is 5.80. The number of hydrogen-bond donors (Lipinski definition) is 1. The Balaban J connectivity index is 2.97. The van der Waals surface area contributed by atoms with Crippen molar-refractivity contribution < 1.29 is 0 Å². The van der Waals surface area contributed by atoms with Gasteiger partial charge in [0, 0.05) is 49.3 Å². The van der Waals surface area contributed by atoms with Gasteiger partial charge in [0.1, 0.15) is 0 Å². The Kier molecular flexibility index (Phi) is 6.25. The Morgan fingerprint density at radius 1 is 1.26 bits per heavy atom. The van der Waals surface area contributed by atoms with Crippen molar-refractivity contribution in [3.63, 3.8) is 0 Å². The number of rotatable bonds is 7.